The molecule has 88 valence electrons. The molecule has 16 heavy (non-hydrogen) atoms. The van der Waals surface area contributed by atoms with Crippen LogP contribution in [0.15, 0.2) is 30.3 Å². The van der Waals surface area contributed by atoms with Gasteiger partial charge < -0.3 is 9.84 Å². The van der Waals surface area contributed by atoms with Crippen LogP contribution in [-0.2, 0) is 4.74 Å². The average molecular weight is 258 g/mol. The number of esters is 1. The van der Waals surface area contributed by atoms with Crippen molar-refractivity contribution < 1.29 is 14.6 Å². The van der Waals surface area contributed by atoms with E-state index in [1.165, 1.54) is 0 Å². The van der Waals surface area contributed by atoms with Crippen molar-refractivity contribution in [3.05, 3.63) is 35.9 Å². The molecule has 1 aromatic rings. The standard InChI is InChI=1S/C11H14O3S2/c12-6-8-15-16-9-7-14-11(13)10-4-2-1-3-5-10/h1-5,12H,6-9H2. The summed E-state index contributed by atoms with van der Waals surface area (Å²) in [7, 11) is 3.17. The van der Waals surface area contributed by atoms with Crippen LogP contribution in [0.5, 0.6) is 0 Å². The summed E-state index contributed by atoms with van der Waals surface area (Å²) in [5, 5.41) is 8.54. The van der Waals surface area contributed by atoms with Crippen molar-refractivity contribution in [2.75, 3.05) is 24.7 Å². The molecule has 0 bridgehead atoms. The fourth-order valence-electron chi connectivity index (χ4n) is 0.981. The lowest BCUT2D eigenvalue weighted by atomic mass is 10.2. The van der Waals surface area contributed by atoms with Crippen LogP contribution in [0.3, 0.4) is 0 Å². The summed E-state index contributed by atoms with van der Waals surface area (Å²) in [5.41, 5.74) is 0.579. The smallest absolute Gasteiger partial charge is 0.338 e. The quantitative estimate of drug-likeness (QED) is 0.461. The molecule has 1 N–H and O–H groups in total. The Hall–Kier alpha value is -0.650. The van der Waals surface area contributed by atoms with Crippen molar-refractivity contribution in [1.29, 1.82) is 0 Å². The zero-order valence-corrected chi connectivity index (χ0v) is 10.4. The van der Waals surface area contributed by atoms with Crippen molar-refractivity contribution in [2.24, 2.45) is 0 Å². The highest BCUT2D eigenvalue weighted by atomic mass is 33.1. The van der Waals surface area contributed by atoms with E-state index in [0.29, 0.717) is 17.9 Å². The molecule has 3 nitrogen and oxygen atoms in total. The van der Waals surface area contributed by atoms with E-state index in [1.807, 2.05) is 18.2 Å². The van der Waals surface area contributed by atoms with Crippen LogP contribution in [0.25, 0.3) is 0 Å². The highest BCUT2D eigenvalue weighted by Crippen LogP contribution is 2.19. The predicted octanol–water partition coefficient (Wildman–Crippen LogP) is 2.22. The van der Waals surface area contributed by atoms with E-state index in [0.717, 1.165) is 5.75 Å². The lowest BCUT2D eigenvalue weighted by Crippen LogP contribution is -2.07. The molecule has 0 aromatic heterocycles. The van der Waals surface area contributed by atoms with Gasteiger partial charge in [-0.15, -0.1) is 0 Å². The lowest BCUT2D eigenvalue weighted by molar-refractivity contribution is 0.0530. The third kappa shape index (κ3) is 5.44. The molecule has 5 heteroatoms. The number of hydrogen-bond acceptors (Lipinski definition) is 5. The van der Waals surface area contributed by atoms with Crippen LogP contribution in [0.2, 0.25) is 0 Å². The summed E-state index contributed by atoms with van der Waals surface area (Å²) in [6, 6.07) is 8.94. The highest BCUT2D eigenvalue weighted by Gasteiger charge is 2.04. The van der Waals surface area contributed by atoms with E-state index in [9.17, 15) is 4.79 Å². The first-order valence-electron chi connectivity index (χ1n) is 4.92. The summed E-state index contributed by atoms with van der Waals surface area (Å²) in [4.78, 5) is 11.5. The Morgan fingerprint density at radius 3 is 2.56 bits per heavy atom. The number of rotatable bonds is 7. The van der Waals surface area contributed by atoms with E-state index in [2.05, 4.69) is 0 Å². The Bertz CT molecular complexity index is 303. The minimum absolute atomic E-state index is 0.182. The van der Waals surface area contributed by atoms with Crippen LogP contribution in [0.4, 0.5) is 0 Å². The van der Waals surface area contributed by atoms with Gasteiger partial charge >= 0.3 is 5.97 Å². The molecule has 0 aliphatic carbocycles. The molecule has 1 rings (SSSR count). The van der Waals surface area contributed by atoms with Gasteiger partial charge in [-0.25, -0.2) is 4.79 Å². The van der Waals surface area contributed by atoms with Gasteiger partial charge in [0, 0.05) is 11.5 Å². The zero-order valence-electron chi connectivity index (χ0n) is 8.80. The first-order chi connectivity index (χ1) is 7.84. The monoisotopic (exact) mass is 258 g/mol. The largest absolute Gasteiger partial charge is 0.461 e. The molecular formula is C11H14O3S2. The van der Waals surface area contributed by atoms with Gasteiger partial charge in [-0.1, -0.05) is 39.8 Å². The third-order valence-corrected chi connectivity index (χ3v) is 4.02. The van der Waals surface area contributed by atoms with Crippen molar-refractivity contribution in [1.82, 2.24) is 0 Å². The molecule has 0 aliphatic heterocycles. The molecule has 0 saturated heterocycles. The van der Waals surface area contributed by atoms with Crippen molar-refractivity contribution >= 4 is 27.6 Å². The van der Waals surface area contributed by atoms with E-state index >= 15 is 0 Å². The fourth-order valence-corrected chi connectivity index (χ4v) is 2.58. The number of benzene rings is 1. The van der Waals surface area contributed by atoms with Gasteiger partial charge in [-0.2, -0.15) is 0 Å². The maximum absolute atomic E-state index is 11.5. The van der Waals surface area contributed by atoms with Crippen molar-refractivity contribution in [2.45, 2.75) is 0 Å². The topological polar surface area (TPSA) is 46.5 Å². The SMILES string of the molecule is O=C(OCCSSCCO)c1ccccc1. The normalized spacial score (nSPS) is 10.1. The maximum atomic E-state index is 11.5. The number of carbonyl (C=O) groups is 1. The highest BCUT2D eigenvalue weighted by molar-refractivity contribution is 8.76. The number of hydrogen-bond donors (Lipinski definition) is 1. The third-order valence-electron chi connectivity index (χ3n) is 1.67. The lowest BCUT2D eigenvalue weighted by Gasteiger charge is -2.03. The Labute approximate surface area is 103 Å². The van der Waals surface area contributed by atoms with Crippen LogP contribution in [0.1, 0.15) is 10.4 Å². The molecule has 0 amide bonds. The Balaban J connectivity index is 2.12. The zero-order chi connectivity index (χ0) is 11.6. The van der Waals surface area contributed by atoms with Crippen molar-refractivity contribution in [3.63, 3.8) is 0 Å². The molecule has 0 radical (unpaired) electrons. The Kier molecular flexibility index (Phi) is 7.12. The van der Waals surface area contributed by atoms with Crippen LogP contribution in [-0.4, -0.2) is 35.8 Å². The molecule has 0 atom stereocenters. The number of carbonyl (C=O) groups excluding carboxylic acids is 1. The summed E-state index contributed by atoms with van der Waals surface area (Å²) in [6.45, 7) is 0.582. The summed E-state index contributed by atoms with van der Waals surface area (Å²) < 4.78 is 5.07. The van der Waals surface area contributed by atoms with Gasteiger partial charge in [-0.3, -0.25) is 0 Å². The molecular weight excluding hydrogens is 244 g/mol. The number of aliphatic hydroxyl groups is 1. The molecule has 1 aromatic carbocycles. The molecule has 0 aliphatic rings. The van der Waals surface area contributed by atoms with Gasteiger partial charge in [0.2, 0.25) is 0 Å². The second-order valence-corrected chi connectivity index (χ2v) is 5.57. The van der Waals surface area contributed by atoms with E-state index < -0.39 is 0 Å². The van der Waals surface area contributed by atoms with Gasteiger partial charge in [0.25, 0.3) is 0 Å². The molecule has 0 unspecified atom stereocenters. The summed E-state index contributed by atoms with van der Waals surface area (Å²) in [6.07, 6.45) is 0. The average Bonchev–Trinajstić information content (AvgIpc) is 2.34. The second-order valence-electron chi connectivity index (χ2n) is 2.87. The van der Waals surface area contributed by atoms with Gasteiger partial charge in [0.05, 0.1) is 12.2 Å². The van der Waals surface area contributed by atoms with E-state index in [-0.39, 0.29) is 12.6 Å². The van der Waals surface area contributed by atoms with E-state index in [4.69, 9.17) is 9.84 Å². The van der Waals surface area contributed by atoms with E-state index in [1.54, 1.807) is 33.7 Å². The first-order valence-corrected chi connectivity index (χ1v) is 7.41. The minimum atomic E-state index is -0.284. The van der Waals surface area contributed by atoms with Crippen LogP contribution < -0.4 is 0 Å². The van der Waals surface area contributed by atoms with Crippen molar-refractivity contribution in [3.8, 4) is 0 Å². The first kappa shape index (κ1) is 13.4. The minimum Gasteiger partial charge on any atom is -0.461 e. The number of ether oxygens (including phenoxy) is 1. The van der Waals surface area contributed by atoms with Gasteiger partial charge in [0.1, 0.15) is 6.61 Å². The molecule has 0 fully saturated rings. The Morgan fingerprint density at radius 2 is 1.88 bits per heavy atom. The maximum Gasteiger partial charge on any atom is 0.338 e. The van der Waals surface area contributed by atoms with Gasteiger partial charge in [-0.05, 0) is 12.1 Å². The second kappa shape index (κ2) is 8.50. The van der Waals surface area contributed by atoms with Gasteiger partial charge in [0.15, 0.2) is 0 Å². The number of aliphatic hydroxyl groups excluding tert-OH is 1. The fraction of sp³-hybridized carbons (Fsp3) is 0.364. The molecule has 0 spiro atoms. The van der Waals surface area contributed by atoms with Crippen LogP contribution >= 0.6 is 21.6 Å². The summed E-state index contributed by atoms with van der Waals surface area (Å²) in [5.74, 6) is 1.16. The molecule has 0 saturated carbocycles. The summed E-state index contributed by atoms with van der Waals surface area (Å²) >= 11 is 0. The Morgan fingerprint density at radius 1 is 1.19 bits per heavy atom. The predicted molar refractivity (Wildman–Crippen MR) is 68.7 cm³/mol. The molecule has 0 heterocycles. The van der Waals surface area contributed by atoms with Crippen LogP contribution in [0, 0.1) is 0 Å².